The lowest BCUT2D eigenvalue weighted by molar-refractivity contribution is -0.141. The van der Waals surface area contributed by atoms with E-state index in [0.717, 1.165) is 10.2 Å². The molecule has 2 aromatic rings. The highest BCUT2D eigenvalue weighted by atomic mass is 35.5. The fourth-order valence-electron chi connectivity index (χ4n) is 2.57. The minimum Gasteiger partial charge on any atom is -0.347 e. The number of nitrogens with one attached hydrogen (secondary N) is 1. The van der Waals surface area contributed by atoms with Gasteiger partial charge in [0.25, 0.3) is 0 Å². The molecule has 4 nitrogen and oxygen atoms in total. The summed E-state index contributed by atoms with van der Waals surface area (Å²) in [5.74, 6) is -0.424. The van der Waals surface area contributed by atoms with Crippen LogP contribution in [0.3, 0.4) is 0 Å². The molecule has 1 aromatic heterocycles. The monoisotopic (exact) mass is 373 g/mol. The third-order valence-electron chi connectivity index (χ3n) is 4.02. The summed E-state index contributed by atoms with van der Waals surface area (Å²) < 4.78 is 39.8. The average Bonchev–Trinajstić information content (AvgIpc) is 2.88. The number of alkyl halides is 3. The van der Waals surface area contributed by atoms with Gasteiger partial charge in [-0.3, -0.25) is 9.48 Å². The van der Waals surface area contributed by atoms with Crippen LogP contribution >= 0.6 is 11.6 Å². The molecule has 0 saturated carbocycles. The molecule has 0 aliphatic heterocycles. The van der Waals surface area contributed by atoms with Gasteiger partial charge in [-0.2, -0.15) is 18.3 Å². The zero-order chi connectivity index (χ0) is 18.8. The molecule has 2 unspecified atom stereocenters. The van der Waals surface area contributed by atoms with Crippen molar-refractivity contribution in [2.45, 2.75) is 45.5 Å². The SMILES string of the molecule is CCC(NC(=O)C(C)n1nc(C(F)(F)F)c(Cl)c1C)c1ccccc1. The van der Waals surface area contributed by atoms with Crippen molar-refractivity contribution in [1.29, 1.82) is 0 Å². The van der Waals surface area contributed by atoms with Crippen LogP contribution in [0, 0.1) is 6.92 Å². The highest BCUT2D eigenvalue weighted by molar-refractivity contribution is 6.32. The summed E-state index contributed by atoms with van der Waals surface area (Å²) in [6.45, 7) is 4.81. The fourth-order valence-corrected chi connectivity index (χ4v) is 2.80. The number of rotatable bonds is 5. The van der Waals surface area contributed by atoms with Gasteiger partial charge >= 0.3 is 6.18 Å². The van der Waals surface area contributed by atoms with Crippen LogP contribution in [0.4, 0.5) is 13.2 Å². The highest BCUT2D eigenvalue weighted by Gasteiger charge is 2.39. The summed E-state index contributed by atoms with van der Waals surface area (Å²) in [5, 5.41) is 5.87. The molecular formula is C17H19ClF3N3O. The van der Waals surface area contributed by atoms with Crippen LogP contribution in [-0.2, 0) is 11.0 Å². The van der Waals surface area contributed by atoms with Crippen molar-refractivity contribution in [1.82, 2.24) is 15.1 Å². The van der Waals surface area contributed by atoms with Crippen LogP contribution in [0.2, 0.25) is 5.02 Å². The van der Waals surface area contributed by atoms with Crippen LogP contribution < -0.4 is 5.32 Å². The first kappa shape index (κ1) is 19.3. The number of hydrogen-bond donors (Lipinski definition) is 1. The summed E-state index contributed by atoms with van der Waals surface area (Å²) >= 11 is 5.74. The predicted octanol–water partition coefficient (Wildman–Crippen LogP) is 4.69. The van der Waals surface area contributed by atoms with Crippen molar-refractivity contribution in [3.8, 4) is 0 Å². The zero-order valence-electron chi connectivity index (χ0n) is 14.1. The van der Waals surface area contributed by atoms with Gasteiger partial charge in [0.2, 0.25) is 5.91 Å². The predicted molar refractivity (Wildman–Crippen MR) is 89.3 cm³/mol. The molecule has 0 fully saturated rings. The molecule has 1 heterocycles. The first-order valence-electron chi connectivity index (χ1n) is 7.83. The van der Waals surface area contributed by atoms with E-state index in [1.54, 1.807) is 0 Å². The molecule has 8 heteroatoms. The number of halogens is 4. The van der Waals surface area contributed by atoms with Crippen molar-refractivity contribution in [2.24, 2.45) is 0 Å². The first-order chi connectivity index (χ1) is 11.7. The fraction of sp³-hybridized carbons (Fsp3) is 0.412. The number of aromatic nitrogens is 2. The van der Waals surface area contributed by atoms with E-state index in [1.165, 1.54) is 13.8 Å². The molecular weight excluding hydrogens is 355 g/mol. The first-order valence-corrected chi connectivity index (χ1v) is 8.21. The minimum absolute atomic E-state index is 0.101. The molecule has 2 atom stereocenters. The summed E-state index contributed by atoms with van der Waals surface area (Å²) in [5.41, 5.74) is -0.150. The van der Waals surface area contributed by atoms with Gasteiger partial charge < -0.3 is 5.32 Å². The molecule has 136 valence electrons. The molecule has 0 bridgehead atoms. The van der Waals surface area contributed by atoms with Crippen molar-refractivity contribution < 1.29 is 18.0 Å². The molecule has 0 saturated heterocycles. The molecule has 1 amide bonds. The minimum atomic E-state index is -4.67. The number of hydrogen-bond acceptors (Lipinski definition) is 2. The molecule has 2 rings (SSSR count). The van der Waals surface area contributed by atoms with Crippen LogP contribution in [0.1, 0.15) is 49.3 Å². The topological polar surface area (TPSA) is 46.9 Å². The molecule has 0 spiro atoms. The summed E-state index contributed by atoms with van der Waals surface area (Å²) in [6.07, 6.45) is -4.02. The zero-order valence-corrected chi connectivity index (χ0v) is 14.8. The largest absolute Gasteiger partial charge is 0.436 e. The van der Waals surface area contributed by atoms with Gasteiger partial charge in [0.05, 0.1) is 16.8 Å². The van der Waals surface area contributed by atoms with Crippen LogP contribution in [-0.4, -0.2) is 15.7 Å². The van der Waals surface area contributed by atoms with Crippen LogP contribution in [0.15, 0.2) is 30.3 Å². The second kappa shape index (κ2) is 7.47. The van der Waals surface area contributed by atoms with Crippen LogP contribution in [0.25, 0.3) is 0 Å². The van der Waals surface area contributed by atoms with E-state index < -0.39 is 28.8 Å². The van der Waals surface area contributed by atoms with E-state index in [0.29, 0.717) is 6.42 Å². The Labute approximate surface area is 149 Å². The molecule has 0 aliphatic rings. The summed E-state index contributed by atoms with van der Waals surface area (Å²) in [6, 6.07) is 8.21. The van der Waals surface area contributed by atoms with Gasteiger partial charge in [-0.05, 0) is 25.8 Å². The molecule has 0 radical (unpaired) electrons. The van der Waals surface area contributed by atoms with Gasteiger partial charge in [-0.25, -0.2) is 0 Å². The third-order valence-corrected chi connectivity index (χ3v) is 4.47. The lowest BCUT2D eigenvalue weighted by Gasteiger charge is -2.21. The summed E-state index contributed by atoms with van der Waals surface area (Å²) in [4.78, 5) is 12.5. The van der Waals surface area contributed by atoms with E-state index in [-0.39, 0.29) is 11.7 Å². The maximum absolute atomic E-state index is 12.9. The van der Waals surface area contributed by atoms with Gasteiger partial charge in [0.15, 0.2) is 5.69 Å². The number of carbonyl (C=O) groups is 1. The number of nitrogens with zero attached hydrogens (tertiary/aromatic N) is 2. The molecule has 0 aliphatic carbocycles. The van der Waals surface area contributed by atoms with E-state index in [9.17, 15) is 18.0 Å². The average molecular weight is 374 g/mol. The summed E-state index contributed by atoms with van der Waals surface area (Å²) in [7, 11) is 0. The van der Waals surface area contributed by atoms with Crippen molar-refractivity contribution in [2.75, 3.05) is 0 Å². The Hall–Kier alpha value is -2.02. The van der Waals surface area contributed by atoms with E-state index in [4.69, 9.17) is 11.6 Å². The quantitative estimate of drug-likeness (QED) is 0.826. The third kappa shape index (κ3) is 4.15. The Morgan fingerprint density at radius 1 is 1.32 bits per heavy atom. The van der Waals surface area contributed by atoms with Gasteiger partial charge in [-0.15, -0.1) is 0 Å². The number of benzene rings is 1. The van der Waals surface area contributed by atoms with Crippen LogP contribution in [0.5, 0.6) is 0 Å². The lowest BCUT2D eigenvalue weighted by Crippen LogP contribution is -2.34. The van der Waals surface area contributed by atoms with E-state index in [2.05, 4.69) is 10.4 Å². The Bertz CT molecular complexity index is 744. The van der Waals surface area contributed by atoms with Gasteiger partial charge in [0.1, 0.15) is 6.04 Å². The Morgan fingerprint density at radius 2 is 1.92 bits per heavy atom. The van der Waals surface area contributed by atoms with Crippen molar-refractivity contribution >= 4 is 17.5 Å². The van der Waals surface area contributed by atoms with E-state index >= 15 is 0 Å². The van der Waals surface area contributed by atoms with Gasteiger partial charge in [0, 0.05) is 0 Å². The van der Waals surface area contributed by atoms with Crippen molar-refractivity contribution in [3.63, 3.8) is 0 Å². The molecule has 25 heavy (non-hydrogen) atoms. The lowest BCUT2D eigenvalue weighted by atomic mass is 10.0. The highest BCUT2D eigenvalue weighted by Crippen LogP contribution is 2.36. The maximum Gasteiger partial charge on any atom is 0.436 e. The molecule has 1 aromatic carbocycles. The number of carbonyl (C=O) groups excluding carboxylic acids is 1. The van der Waals surface area contributed by atoms with E-state index in [1.807, 2.05) is 37.3 Å². The Kier molecular flexibility index (Phi) is 5.77. The Morgan fingerprint density at radius 3 is 2.40 bits per heavy atom. The maximum atomic E-state index is 12.9. The molecule has 1 N–H and O–H groups in total. The standard InChI is InChI=1S/C17H19ClF3N3O/c1-4-13(12-8-6-5-7-9-12)22-16(25)11(3)24-10(2)14(18)15(23-24)17(19,20)21/h5-9,11,13H,4H2,1-3H3,(H,22,25). The number of amides is 1. The van der Waals surface area contributed by atoms with Crippen molar-refractivity contribution in [3.05, 3.63) is 52.3 Å². The van der Waals surface area contributed by atoms with Gasteiger partial charge in [-0.1, -0.05) is 48.9 Å². The Balaban J connectivity index is 2.23. The second-order valence-corrected chi connectivity index (χ2v) is 6.12. The second-order valence-electron chi connectivity index (χ2n) is 5.75. The smallest absolute Gasteiger partial charge is 0.347 e. The normalized spacial score (nSPS) is 14.2.